The number of alkyl halides is 1. The Morgan fingerprint density at radius 1 is 1.19 bits per heavy atom. The smallest absolute Gasteiger partial charge is 0.410 e. The summed E-state index contributed by atoms with van der Waals surface area (Å²) in [6.45, 7) is 2.20. The van der Waals surface area contributed by atoms with Crippen LogP contribution in [0.1, 0.15) is 50.4 Å². The number of carbonyl (C=O) groups is 3. The zero-order valence-electron chi connectivity index (χ0n) is 26.3. The molecule has 1 fully saturated rings. The Morgan fingerprint density at radius 3 is 2.68 bits per heavy atom. The Bertz CT molecular complexity index is 1740. The molecule has 16 heteroatoms. The molecule has 2 amide bonds. The highest BCUT2D eigenvalue weighted by atomic mass is 35.5. The van der Waals surface area contributed by atoms with E-state index in [-0.39, 0.29) is 38.5 Å². The van der Waals surface area contributed by atoms with E-state index in [1.807, 2.05) is 16.7 Å². The number of likely N-dealkylation sites (tertiary alicyclic amines) is 1. The minimum atomic E-state index is -3.77. The standard InChI is InChI=1S/C31H38ClFN6O7S/c1-21(18-35-47(43,44)16-8-28(40)45-2)46-30(42)37-14-9-31(10-15-37)23-7-12-34-19-26(23)39(29(31)41)20-27-36-24-17-22(32)5-6-25(24)38(27)13-4-3-11-33/h5-7,12,17,19,21,35H,3-4,8-11,13-16,18,20H2,1-2H3/t21-/m1/s1. The van der Waals surface area contributed by atoms with Crippen molar-refractivity contribution in [1.29, 1.82) is 0 Å². The van der Waals surface area contributed by atoms with E-state index in [0.717, 1.165) is 11.1 Å². The molecule has 0 saturated carbocycles. The number of pyridine rings is 1. The van der Waals surface area contributed by atoms with Crippen molar-refractivity contribution < 1.29 is 36.7 Å². The molecule has 1 spiro atoms. The Hall–Kier alpha value is -3.82. The highest BCUT2D eigenvalue weighted by molar-refractivity contribution is 7.89. The third-order valence-corrected chi connectivity index (χ3v) is 10.3. The monoisotopic (exact) mass is 692 g/mol. The average molecular weight is 693 g/mol. The number of carbonyl (C=O) groups excluding carboxylic acids is 3. The van der Waals surface area contributed by atoms with Gasteiger partial charge in [-0.05, 0) is 62.4 Å². The normalized spacial score (nSPS) is 16.5. The van der Waals surface area contributed by atoms with Gasteiger partial charge < -0.3 is 23.8 Å². The second kappa shape index (κ2) is 14.5. The van der Waals surface area contributed by atoms with E-state index in [4.69, 9.17) is 21.3 Å². The van der Waals surface area contributed by atoms with Gasteiger partial charge in [-0.1, -0.05) is 11.6 Å². The van der Waals surface area contributed by atoms with Gasteiger partial charge in [0.05, 0.1) is 60.8 Å². The molecule has 0 aliphatic carbocycles. The number of nitrogens with one attached hydrogen (secondary N) is 1. The van der Waals surface area contributed by atoms with Crippen molar-refractivity contribution >= 4 is 56.3 Å². The van der Waals surface area contributed by atoms with E-state index in [1.54, 1.807) is 36.4 Å². The van der Waals surface area contributed by atoms with E-state index in [9.17, 15) is 27.2 Å². The third-order valence-electron chi connectivity index (χ3n) is 8.69. The number of rotatable bonds is 13. The van der Waals surface area contributed by atoms with E-state index in [0.29, 0.717) is 54.3 Å². The molecule has 1 N–H and O–H groups in total. The minimum absolute atomic E-state index is 0.108. The fourth-order valence-electron chi connectivity index (χ4n) is 6.15. The van der Waals surface area contributed by atoms with Crippen molar-refractivity contribution in [1.82, 2.24) is 24.2 Å². The third kappa shape index (κ3) is 7.52. The maximum absolute atomic E-state index is 14.3. The largest absolute Gasteiger partial charge is 0.469 e. The molecule has 254 valence electrons. The van der Waals surface area contributed by atoms with Crippen molar-refractivity contribution in [2.75, 3.05) is 44.1 Å². The first-order valence-electron chi connectivity index (χ1n) is 15.4. The number of imidazole rings is 1. The van der Waals surface area contributed by atoms with Crippen LogP contribution in [0.3, 0.4) is 0 Å². The number of piperidine rings is 1. The van der Waals surface area contributed by atoms with Crippen LogP contribution in [0, 0.1) is 0 Å². The fourth-order valence-corrected chi connectivity index (χ4v) is 7.39. The lowest BCUT2D eigenvalue weighted by Crippen LogP contribution is -2.50. The minimum Gasteiger partial charge on any atom is -0.469 e. The second-order valence-electron chi connectivity index (χ2n) is 11.7. The lowest BCUT2D eigenvalue weighted by atomic mass is 9.74. The summed E-state index contributed by atoms with van der Waals surface area (Å²) in [6, 6.07) is 7.27. The van der Waals surface area contributed by atoms with Crippen LogP contribution in [0.5, 0.6) is 0 Å². The molecule has 13 nitrogen and oxygen atoms in total. The first kappa shape index (κ1) is 34.5. The topological polar surface area (TPSA) is 153 Å². The Balaban J connectivity index is 1.26. The van der Waals surface area contributed by atoms with Gasteiger partial charge >= 0.3 is 12.1 Å². The molecule has 1 atom stereocenters. The molecule has 0 unspecified atom stereocenters. The van der Waals surface area contributed by atoms with Crippen molar-refractivity contribution in [3.63, 3.8) is 0 Å². The van der Waals surface area contributed by atoms with Crippen LogP contribution in [0.4, 0.5) is 14.9 Å². The molecule has 0 radical (unpaired) electrons. The van der Waals surface area contributed by atoms with E-state index in [2.05, 4.69) is 14.4 Å². The van der Waals surface area contributed by atoms with Crippen LogP contribution >= 0.6 is 11.6 Å². The predicted octanol–water partition coefficient (Wildman–Crippen LogP) is 3.72. The number of hydrogen-bond acceptors (Lipinski definition) is 9. The zero-order valence-corrected chi connectivity index (χ0v) is 27.9. The van der Waals surface area contributed by atoms with Gasteiger partial charge in [-0.25, -0.2) is 22.9 Å². The summed E-state index contributed by atoms with van der Waals surface area (Å²) in [6.07, 6.45) is 3.37. The summed E-state index contributed by atoms with van der Waals surface area (Å²) in [5, 5.41) is 0.541. The van der Waals surface area contributed by atoms with Crippen molar-refractivity contribution in [2.45, 2.75) is 63.6 Å². The number of hydrogen-bond donors (Lipinski definition) is 1. The van der Waals surface area contributed by atoms with Crippen molar-refractivity contribution in [2.24, 2.45) is 0 Å². The zero-order chi connectivity index (χ0) is 33.8. The number of aryl methyl sites for hydroxylation is 1. The lowest BCUT2D eigenvalue weighted by Gasteiger charge is -2.38. The highest BCUT2D eigenvalue weighted by Crippen LogP contribution is 2.48. The van der Waals surface area contributed by atoms with Gasteiger partial charge in [0, 0.05) is 37.4 Å². The molecular weight excluding hydrogens is 655 g/mol. The number of amides is 2. The van der Waals surface area contributed by atoms with Gasteiger partial charge in [-0.15, -0.1) is 0 Å². The number of benzene rings is 1. The van der Waals surface area contributed by atoms with Crippen LogP contribution in [-0.2, 0) is 47.6 Å². The first-order valence-corrected chi connectivity index (χ1v) is 17.5. The summed E-state index contributed by atoms with van der Waals surface area (Å²) in [4.78, 5) is 50.9. The number of aromatic nitrogens is 3. The van der Waals surface area contributed by atoms with Crippen LogP contribution in [0.15, 0.2) is 36.7 Å². The quantitative estimate of drug-likeness (QED) is 0.209. The number of anilines is 1. The SMILES string of the molecule is COC(=O)CCS(=O)(=O)NC[C@@H](C)OC(=O)N1CCC2(CC1)C(=O)N(Cc1nc3cc(Cl)ccc3n1CCCCF)c1cnccc12. The lowest BCUT2D eigenvalue weighted by molar-refractivity contribution is -0.140. The molecular formula is C31H38ClFN6O7S. The second-order valence-corrected chi connectivity index (χ2v) is 14.1. The van der Waals surface area contributed by atoms with Crippen LogP contribution in [0.25, 0.3) is 11.0 Å². The molecule has 1 saturated heterocycles. The number of unbranched alkanes of at least 4 members (excludes halogenated alkanes) is 1. The molecule has 47 heavy (non-hydrogen) atoms. The highest BCUT2D eigenvalue weighted by Gasteiger charge is 2.53. The molecule has 2 aliphatic heterocycles. The average Bonchev–Trinajstić information content (AvgIpc) is 3.50. The Kier molecular flexibility index (Phi) is 10.7. The summed E-state index contributed by atoms with van der Waals surface area (Å²) in [7, 11) is -2.59. The van der Waals surface area contributed by atoms with Gasteiger partial charge in [0.2, 0.25) is 15.9 Å². The molecule has 2 aromatic heterocycles. The summed E-state index contributed by atoms with van der Waals surface area (Å²) in [5.41, 5.74) is 2.19. The maximum Gasteiger partial charge on any atom is 0.410 e. The van der Waals surface area contributed by atoms with Crippen LogP contribution < -0.4 is 9.62 Å². The van der Waals surface area contributed by atoms with Gasteiger partial charge in [0.25, 0.3) is 0 Å². The molecule has 2 aliphatic rings. The number of nitrogens with zero attached hydrogens (tertiary/aromatic N) is 5. The first-order chi connectivity index (χ1) is 22.5. The number of fused-ring (bicyclic) bond motifs is 3. The summed E-state index contributed by atoms with van der Waals surface area (Å²) >= 11 is 6.24. The molecule has 3 aromatic rings. The fraction of sp³-hybridized carbons (Fsp3) is 0.516. The van der Waals surface area contributed by atoms with Crippen molar-refractivity contribution in [3.8, 4) is 0 Å². The summed E-state index contributed by atoms with van der Waals surface area (Å²) < 4.78 is 51.6. The molecule has 5 rings (SSSR count). The van der Waals surface area contributed by atoms with Gasteiger partial charge in [0.15, 0.2) is 0 Å². The van der Waals surface area contributed by atoms with Crippen LogP contribution in [-0.4, -0.2) is 91.1 Å². The van der Waals surface area contributed by atoms with Crippen molar-refractivity contribution in [3.05, 3.63) is 53.1 Å². The molecule has 0 bridgehead atoms. The Labute approximate surface area is 277 Å². The number of methoxy groups -OCH3 is 1. The molecule has 4 heterocycles. The van der Waals surface area contributed by atoms with E-state index in [1.165, 1.54) is 12.0 Å². The van der Waals surface area contributed by atoms with E-state index < -0.39 is 46.0 Å². The maximum atomic E-state index is 14.3. The molecule has 1 aromatic carbocycles. The number of halogens is 2. The van der Waals surface area contributed by atoms with E-state index >= 15 is 0 Å². The van der Waals surface area contributed by atoms with Gasteiger partial charge in [-0.2, -0.15) is 0 Å². The number of ether oxygens (including phenoxy) is 2. The van der Waals surface area contributed by atoms with Crippen LogP contribution in [0.2, 0.25) is 5.02 Å². The van der Waals surface area contributed by atoms with Gasteiger partial charge in [-0.3, -0.25) is 19.0 Å². The Morgan fingerprint density at radius 2 is 1.96 bits per heavy atom. The van der Waals surface area contributed by atoms with Gasteiger partial charge in [0.1, 0.15) is 11.9 Å². The number of sulfonamides is 1. The number of esters is 1. The summed E-state index contributed by atoms with van der Waals surface area (Å²) in [5.74, 6) is -0.542. The predicted molar refractivity (Wildman–Crippen MR) is 172 cm³/mol.